The fourth-order valence-electron chi connectivity index (χ4n) is 1.44. The fourth-order valence-corrected chi connectivity index (χ4v) is 1.44. The Kier molecular flexibility index (Phi) is 4.28. The zero-order valence-electron chi connectivity index (χ0n) is 8.64. The second kappa shape index (κ2) is 5.49. The minimum absolute atomic E-state index is 0. The molecule has 0 saturated heterocycles. The van der Waals surface area contributed by atoms with Crippen molar-refractivity contribution in [3.63, 3.8) is 0 Å². The second-order valence-electron chi connectivity index (χ2n) is 3.33. The van der Waals surface area contributed by atoms with E-state index < -0.39 is 0 Å². The zero-order valence-corrected chi connectivity index (χ0v) is 9.46. The molecule has 0 spiro atoms. The summed E-state index contributed by atoms with van der Waals surface area (Å²) in [5.74, 6) is 0. The van der Waals surface area contributed by atoms with Crippen LogP contribution in [0, 0.1) is 0 Å². The molecule has 0 unspecified atom stereocenters. The van der Waals surface area contributed by atoms with Crippen LogP contribution in [0.4, 0.5) is 0 Å². The van der Waals surface area contributed by atoms with Gasteiger partial charge in [0.05, 0.1) is 0 Å². The van der Waals surface area contributed by atoms with E-state index in [0.717, 1.165) is 16.8 Å². The molecule has 0 aliphatic carbocycles. The Bertz CT molecular complexity index is 505. The van der Waals surface area contributed by atoms with E-state index in [0.29, 0.717) is 6.54 Å². The van der Waals surface area contributed by atoms with Gasteiger partial charge in [-0.25, -0.2) is 0 Å². The molecular formula is C12H13ClN2O. The molecule has 3 N–H and O–H groups in total. The van der Waals surface area contributed by atoms with E-state index in [1.165, 1.54) is 6.07 Å². The van der Waals surface area contributed by atoms with E-state index in [1.54, 1.807) is 6.07 Å². The van der Waals surface area contributed by atoms with Gasteiger partial charge in [-0.15, -0.1) is 12.4 Å². The molecule has 0 aliphatic heterocycles. The predicted octanol–water partition coefficient (Wildman–Crippen LogP) is 1.92. The van der Waals surface area contributed by atoms with Crippen molar-refractivity contribution in [1.29, 1.82) is 0 Å². The minimum atomic E-state index is -0.0876. The van der Waals surface area contributed by atoms with Gasteiger partial charge in [-0.1, -0.05) is 30.3 Å². The molecule has 0 aliphatic rings. The standard InChI is InChI=1S/C12H12N2O.ClH/c13-8-9-4-6-10(7-5-9)11-2-1-3-12(15)14-11;/h1-7H,8,13H2,(H,14,15);1H. The number of rotatable bonds is 2. The normalized spacial score (nSPS) is 9.56. The third kappa shape index (κ3) is 2.72. The van der Waals surface area contributed by atoms with Gasteiger partial charge in [-0.2, -0.15) is 0 Å². The number of nitrogens with one attached hydrogen (secondary N) is 1. The summed E-state index contributed by atoms with van der Waals surface area (Å²) in [4.78, 5) is 13.9. The SMILES string of the molecule is Cl.NCc1ccc(-c2cccc(=O)[nH]2)cc1. The molecule has 0 amide bonds. The summed E-state index contributed by atoms with van der Waals surface area (Å²) in [7, 11) is 0. The smallest absolute Gasteiger partial charge is 0.248 e. The molecule has 2 rings (SSSR count). The summed E-state index contributed by atoms with van der Waals surface area (Å²) >= 11 is 0. The maximum absolute atomic E-state index is 11.1. The summed E-state index contributed by atoms with van der Waals surface area (Å²) < 4.78 is 0. The van der Waals surface area contributed by atoms with Crippen molar-refractivity contribution in [2.75, 3.05) is 0 Å². The lowest BCUT2D eigenvalue weighted by Gasteiger charge is -2.02. The number of hydrogen-bond acceptors (Lipinski definition) is 2. The number of pyridine rings is 1. The lowest BCUT2D eigenvalue weighted by Crippen LogP contribution is -2.03. The molecule has 1 heterocycles. The van der Waals surface area contributed by atoms with Crippen LogP contribution < -0.4 is 11.3 Å². The summed E-state index contributed by atoms with van der Waals surface area (Å²) in [6.07, 6.45) is 0. The number of halogens is 1. The highest BCUT2D eigenvalue weighted by molar-refractivity contribution is 5.85. The molecule has 2 aromatic rings. The van der Waals surface area contributed by atoms with Crippen molar-refractivity contribution in [1.82, 2.24) is 4.98 Å². The first-order valence-electron chi connectivity index (χ1n) is 4.78. The van der Waals surface area contributed by atoms with Crippen LogP contribution in [0.25, 0.3) is 11.3 Å². The van der Waals surface area contributed by atoms with Crippen molar-refractivity contribution in [3.8, 4) is 11.3 Å². The largest absolute Gasteiger partial charge is 0.326 e. The Hall–Kier alpha value is -1.58. The first kappa shape index (κ1) is 12.5. The first-order chi connectivity index (χ1) is 7.29. The number of hydrogen-bond donors (Lipinski definition) is 2. The monoisotopic (exact) mass is 236 g/mol. The van der Waals surface area contributed by atoms with Gasteiger partial charge in [0.25, 0.3) is 0 Å². The van der Waals surface area contributed by atoms with E-state index >= 15 is 0 Å². The van der Waals surface area contributed by atoms with Gasteiger partial charge in [-0.3, -0.25) is 4.79 Å². The van der Waals surface area contributed by atoms with Crippen molar-refractivity contribution >= 4 is 12.4 Å². The molecule has 0 fully saturated rings. The van der Waals surface area contributed by atoms with Crippen LogP contribution in [0.5, 0.6) is 0 Å². The molecule has 0 saturated carbocycles. The van der Waals surface area contributed by atoms with Crippen LogP contribution in [-0.2, 0) is 6.54 Å². The van der Waals surface area contributed by atoms with E-state index in [1.807, 2.05) is 30.3 Å². The number of H-pyrrole nitrogens is 1. The lowest BCUT2D eigenvalue weighted by molar-refractivity contribution is 1.07. The molecule has 0 atom stereocenters. The minimum Gasteiger partial charge on any atom is -0.326 e. The van der Waals surface area contributed by atoms with E-state index in [-0.39, 0.29) is 18.0 Å². The number of aromatic nitrogens is 1. The Morgan fingerprint density at radius 1 is 1.06 bits per heavy atom. The van der Waals surface area contributed by atoms with Crippen LogP contribution in [0.1, 0.15) is 5.56 Å². The van der Waals surface area contributed by atoms with Crippen molar-refractivity contribution in [2.24, 2.45) is 5.73 Å². The van der Waals surface area contributed by atoms with Gasteiger partial charge in [-0.05, 0) is 17.2 Å². The summed E-state index contributed by atoms with van der Waals surface area (Å²) in [6, 6.07) is 12.9. The zero-order chi connectivity index (χ0) is 10.7. The molecule has 16 heavy (non-hydrogen) atoms. The van der Waals surface area contributed by atoms with E-state index in [9.17, 15) is 4.79 Å². The highest BCUT2D eigenvalue weighted by atomic mass is 35.5. The van der Waals surface area contributed by atoms with Crippen LogP contribution in [0.3, 0.4) is 0 Å². The summed E-state index contributed by atoms with van der Waals surface area (Å²) in [6.45, 7) is 0.533. The van der Waals surface area contributed by atoms with Crippen LogP contribution in [0.15, 0.2) is 47.3 Å². The Labute approximate surface area is 99.7 Å². The highest BCUT2D eigenvalue weighted by Gasteiger charge is 1.97. The van der Waals surface area contributed by atoms with Crippen molar-refractivity contribution in [2.45, 2.75) is 6.54 Å². The average Bonchev–Trinajstić information content (AvgIpc) is 2.29. The van der Waals surface area contributed by atoms with Gasteiger partial charge in [0.1, 0.15) is 0 Å². The van der Waals surface area contributed by atoms with E-state index in [2.05, 4.69) is 4.98 Å². The molecule has 1 aromatic heterocycles. The molecule has 84 valence electrons. The molecule has 0 radical (unpaired) electrons. The number of aromatic amines is 1. The topological polar surface area (TPSA) is 58.9 Å². The average molecular weight is 237 g/mol. The first-order valence-corrected chi connectivity index (χ1v) is 4.78. The van der Waals surface area contributed by atoms with Gasteiger partial charge >= 0.3 is 0 Å². The molecule has 4 heteroatoms. The molecule has 3 nitrogen and oxygen atoms in total. The summed E-state index contributed by atoms with van der Waals surface area (Å²) in [5, 5.41) is 0. The van der Waals surface area contributed by atoms with Crippen molar-refractivity contribution in [3.05, 3.63) is 58.4 Å². The maximum atomic E-state index is 11.1. The third-order valence-electron chi connectivity index (χ3n) is 2.27. The Balaban J connectivity index is 0.00000128. The predicted molar refractivity (Wildman–Crippen MR) is 67.6 cm³/mol. The summed E-state index contributed by atoms with van der Waals surface area (Å²) in [5.41, 5.74) is 8.31. The van der Waals surface area contributed by atoms with Crippen LogP contribution >= 0.6 is 12.4 Å². The maximum Gasteiger partial charge on any atom is 0.248 e. The number of benzene rings is 1. The van der Waals surface area contributed by atoms with Gasteiger partial charge in [0, 0.05) is 18.3 Å². The van der Waals surface area contributed by atoms with Crippen LogP contribution in [0.2, 0.25) is 0 Å². The highest BCUT2D eigenvalue weighted by Crippen LogP contribution is 2.15. The fraction of sp³-hybridized carbons (Fsp3) is 0.0833. The molecule has 1 aromatic carbocycles. The Morgan fingerprint density at radius 2 is 1.75 bits per heavy atom. The quantitative estimate of drug-likeness (QED) is 0.837. The van der Waals surface area contributed by atoms with Crippen molar-refractivity contribution < 1.29 is 0 Å². The molecular weight excluding hydrogens is 224 g/mol. The molecule has 0 bridgehead atoms. The number of nitrogens with two attached hydrogens (primary N) is 1. The van der Waals surface area contributed by atoms with E-state index in [4.69, 9.17) is 5.73 Å². The second-order valence-corrected chi connectivity index (χ2v) is 3.33. The van der Waals surface area contributed by atoms with Gasteiger partial charge < -0.3 is 10.7 Å². The third-order valence-corrected chi connectivity index (χ3v) is 2.27. The Morgan fingerprint density at radius 3 is 2.31 bits per heavy atom. The lowest BCUT2D eigenvalue weighted by atomic mass is 10.1. The van der Waals surface area contributed by atoms with Gasteiger partial charge in [0.15, 0.2) is 0 Å². The van der Waals surface area contributed by atoms with Gasteiger partial charge in [0.2, 0.25) is 5.56 Å². The van der Waals surface area contributed by atoms with Crippen LogP contribution in [-0.4, -0.2) is 4.98 Å².